The van der Waals surface area contributed by atoms with Crippen LogP contribution in [0.1, 0.15) is 22.6 Å². The first-order valence-electron chi connectivity index (χ1n) is 4.69. The van der Waals surface area contributed by atoms with E-state index in [1.165, 1.54) is 22.4 Å². The summed E-state index contributed by atoms with van der Waals surface area (Å²) in [5.41, 5.74) is 5.10. The third-order valence-corrected chi connectivity index (χ3v) is 2.83. The Kier molecular flexibility index (Phi) is 2.00. The molecule has 0 saturated carbocycles. The summed E-state index contributed by atoms with van der Waals surface area (Å²) in [5, 5.41) is 12.5. The second kappa shape index (κ2) is 3.04. The summed E-state index contributed by atoms with van der Waals surface area (Å²) in [4.78, 5) is 0. The standard InChI is InChI=1S/C11H15NO/c1-7-3-4-8(2)11-10(7)9(6-13)5-12-11/h3-4,9,12-13H,5-6H2,1-2H3. The molecule has 13 heavy (non-hydrogen) atoms. The second-order valence-electron chi connectivity index (χ2n) is 3.75. The summed E-state index contributed by atoms with van der Waals surface area (Å²) in [6.07, 6.45) is 0. The molecule has 0 saturated heterocycles. The molecular weight excluding hydrogens is 162 g/mol. The topological polar surface area (TPSA) is 32.3 Å². The number of benzene rings is 1. The van der Waals surface area contributed by atoms with Gasteiger partial charge in [-0.05, 0) is 30.5 Å². The van der Waals surface area contributed by atoms with Gasteiger partial charge in [-0.3, -0.25) is 0 Å². The molecule has 0 radical (unpaired) electrons. The Morgan fingerprint density at radius 2 is 2.08 bits per heavy atom. The zero-order valence-corrected chi connectivity index (χ0v) is 8.09. The van der Waals surface area contributed by atoms with Gasteiger partial charge in [0.15, 0.2) is 0 Å². The maximum atomic E-state index is 9.19. The van der Waals surface area contributed by atoms with Crippen LogP contribution in [-0.4, -0.2) is 18.3 Å². The minimum Gasteiger partial charge on any atom is -0.396 e. The highest BCUT2D eigenvalue weighted by Crippen LogP contribution is 2.35. The molecule has 0 spiro atoms. The summed E-state index contributed by atoms with van der Waals surface area (Å²) >= 11 is 0. The van der Waals surface area contributed by atoms with Crippen molar-refractivity contribution in [2.75, 3.05) is 18.5 Å². The highest BCUT2D eigenvalue weighted by atomic mass is 16.3. The molecule has 1 aliphatic rings. The van der Waals surface area contributed by atoms with Crippen molar-refractivity contribution in [3.63, 3.8) is 0 Å². The van der Waals surface area contributed by atoms with Crippen LogP contribution in [0.4, 0.5) is 5.69 Å². The van der Waals surface area contributed by atoms with Gasteiger partial charge in [0, 0.05) is 18.2 Å². The zero-order chi connectivity index (χ0) is 9.42. The SMILES string of the molecule is Cc1ccc(C)c2c1NCC2CO. The van der Waals surface area contributed by atoms with E-state index >= 15 is 0 Å². The molecule has 2 heteroatoms. The average Bonchev–Trinajstić information content (AvgIpc) is 2.56. The molecular formula is C11H15NO. The molecule has 0 fully saturated rings. The number of rotatable bonds is 1. The largest absolute Gasteiger partial charge is 0.396 e. The predicted octanol–water partition coefficient (Wildman–Crippen LogP) is 1.80. The van der Waals surface area contributed by atoms with E-state index in [1.54, 1.807) is 0 Å². The lowest BCUT2D eigenvalue weighted by Crippen LogP contribution is -2.06. The van der Waals surface area contributed by atoms with Gasteiger partial charge in [-0.1, -0.05) is 12.1 Å². The highest BCUT2D eigenvalue weighted by Gasteiger charge is 2.24. The van der Waals surface area contributed by atoms with Gasteiger partial charge in [0.05, 0.1) is 6.61 Å². The van der Waals surface area contributed by atoms with Crippen molar-refractivity contribution in [2.24, 2.45) is 0 Å². The van der Waals surface area contributed by atoms with E-state index in [2.05, 4.69) is 31.3 Å². The van der Waals surface area contributed by atoms with Crippen molar-refractivity contribution in [3.8, 4) is 0 Å². The Balaban J connectivity index is 2.55. The smallest absolute Gasteiger partial charge is 0.0517 e. The number of aliphatic hydroxyl groups is 1. The third-order valence-electron chi connectivity index (χ3n) is 2.83. The Morgan fingerprint density at radius 3 is 2.77 bits per heavy atom. The van der Waals surface area contributed by atoms with E-state index in [0.717, 1.165) is 6.54 Å². The van der Waals surface area contributed by atoms with E-state index in [0.29, 0.717) is 0 Å². The summed E-state index contributed by atoms with van der Waals surface area (Å²) in [6, 6.07) is 4.25. The molecule has 70 valence electrons. The fourth-order valence-electron chi connectivity index (χ4n) is 2.08. The molecule has 0 aromatic heterocycles. The molecule has 0 amide bonds. The molecule has 1 aliphatic heterocycles. The lowest BCUT2D eigenvalue weighted by Gasteiger charge is -2.10. The van der Waals surface area contributed by atoms with E-state index in [4.69, 9.17) is 0 Å². The van der Waals surface area contributed by atoms with Crippen molar-refractivity contribution in [3.05, 3.63) is 28.8 Å². The van der Waals surface area contributed by atoms with Crippen LogP contribution in [0.3, 0.4) is 0 Å². The average molecular weight is 177 g/mol. The van der Waals surface area contributed by atoms with E-state index in [-0.39, 0.29) is 12.5 Å². The van der Waals surface area contributed by atoms with Crippen LogP contribution in [0.5, 0.6) is 0 Å². The van der Waals surface area contributed by atoms with E-state index in [9.17, 15) is 5.11 Å². The minimum absolute atomic E-state index is 0.240. The molecule has 1 unspecified atom stereocenters. The van der Waals surface area contributed by atoms with Gasteiger partial charge in [-0.25, -0.2) is 0 Å². The number of fused-ring (bicyclic) bond motifs is 1. The summed E-state index contributed by atoms with van der Waals surface area (Å²) in [6.45, 7) is 5.32. The Morgan fingerprint density at radius 1 is 1.38 bits per heavy atom. The van der Waals surface area contributed by atoms with Crippen molar-refractivity contribution in [2.45, 2.75) is 19.8 Å². The minimum atomic E-state index is 0.240. The molecule has 2 nitrogen and oxygen atoms in total. The van der Waals surface area contributed by atoms with Crippen LogP contribution in [0.2, 0.25) is 0 Å². The molecule has 1 atom stereocenters. The zero-order valence-electron chi connectivity index (χ0n) is 8.09. The van der Waals surface area contributed by atoms with Gasteiger partial charge in [0.1, 0.15) is 0 Å². The normalized spacial score (nSPS) is 19.8. The van der Waals surface area contributed by atoms with Gasteiger partial charge < -0.3 is 10.4 Å². The van der Waals surface area contributed by atoms with Gasteiger partial charge in [-0.15, -0.1) is 0 Å². The number of hydrogen-bond acceptors (Lipinski definition) is 2. The first kappa shape index (κ1) is 8.57. The Bertz CT molecular complexity index is 333. The number of aryl methyl sites for hydroxylation is 2. The third kappa shape index (κ3) is 1.22. The number of hydrogen-bond donors (Lipinski definition) is 2. The van der Waals surface area contributed by atoms with Crippen LogP contribution in [0.25, 0.3) is 0 Å². The van der Waals surface area contributed by atoms with Crippen molar-refractivity contribution >= 4 is 5.69 Å². The molecule has 1 heterocycles. The van der Waals surface area contributed by atoms with Crippen LogP contribution in [0.15, 0.2) is 12.1 Å². The molecule has 0 bridgehead atoms. The van der Waals surface area contributed by atoms with E-state index in [1.807, 2.05) is 0 Å². The Hall–Kier alpha value is -1.02. The predicted molar refractivity (Wildman–Crippen MR) is 54.2 cm³/mol. The fraction of sp³-hybridized carbons (Fsp3) is 0.455. The van der Waals surface area contributed by atoms with Gasteiger partial charge in [-0.2, -0.15) is 0 Å². The molecule has 2 N–H and O–H groups in total. The first-order valence-corrected chi connectivity index (χ1v) is 4.69. The number of anilines is 1. The summed E-state index contributed by atoms with van der Waals surface area (Å²) in [7, 11) is 0. The van der Waals surface area contributed by atoms with Crippen LogP contribution in [0, 0.1) is 13.8 Å². The number of nitrogens with one attached hydrogen (secondary N) is 1. The molecule has 1 aromatic rings. The molecule has 2 rings (SSSR count). The van der Waals surface area contributed by atoms with Gasteiger partial charge >= 0.3 is 0 Å². The van der Waals surface area contributed by atoms with Gasteiger partial charge in [0.25, 0.3) is 0 Å². The fourth-order valence-corrected chi connectivity index (χ4v) is 2.08. The van der Waals surface area contributed by atoms with Crippen LogP contribution >= 0.6 is 0 Å². The number of aliphatic hydroxyl groups excluding tert-OH is 1. The quantitative estimate of drug-likeness (QED) is 0.685. The Labute approximate surface area is 78.6 Å². The maximum Gasteiger partial charge on any atom is 0.0517 e. The van der Waals surface area contributed by atoms with Crippen LogP contribution in [-0.2, 0) is 0 Å². The summed E-state index contributed by atoms with van der Waals surface area (Å²) < 4.78 is 0. The van der Waals surface area contributed by atoms with E-state index < -0.39 is 0 Å². The lowest BCUT2D eigenvalue weighted by atomic mass is 9.95. The lowest BCUT2D eigenvalue weighted by molar-refractivity contribution is 0.273. The van der Waals surface area contributed by atoms with Crippen molar-refractivity contribution < 1.29 is 5.11 Å². The molecule has 0 aliphatic carbocycles. The highest BCUT2D eigenvalue weighted by molar-refractivity contribution is 5.65. The second-order valence-corrected chi connectivity index (χ2v) is 3.75. The van der Waals surface area contributed by atoms with Crippen molar-refractivity contribution in [1.82, 2.24) is 0 Å². The van der Waals surface area contributed by atoms with Crippen molar-refractivity contribution in [1.29, 1.82) is 0 Å². The monoisotopic (exact) mass is 177 g/mol. The van der Waals surface area contributed by atoms with Crippen LogP contribution < -0.4 is 5.32 Å². The maximum absolute atomic E-state index is 9.19. The first-order chi connectivity index (χ1) is 6.24. The summed E-state index contributed by atoms with van der Waals surface area (Å²) in [5.74, 6) is 0.287. The van der Waals surface area contributed by atoms with Gasteiger partial charge in [0.2, 0.25) is 0 Å². The molecule has 1 aromatic carbocycles.